The van der Waals surface area contributed by atoms with Crippen LogP contribution < -0.4 is 0 Å². The molecule has 1 aromatic rings. The molecule has 114 valence electrons. The molecule has 0 aromatic heterocycles. The van der Waals surface area contributed by atoms with Gasteiger partial charge in [0.15, 0.2) is 0 Å². The fraction of sp³-hybridized carbons (Fsp3) is 0.500. The van der Waals surface area contributed by atoms with E-state index in [0.717, 1.165) is 10.0 Å². The van der Waals surface area contributed by atoms with E-state index in [1.165, 1.54) is 0 Å². The summed E-state index contributed by atoms with van der Waals surface area (Å²) < 4.78 is 0.827. The molecule has 0 aliphatic carbocycles. The fourth-order valence-corrected chi connectivity index (χ4v) is 3.12. The van der Waals surface area contributed by atoms with Crippen LogP contribution in [0, 0.1) is 12.8 Å². The minimum atomic E-state index is 0.0125. The van der Waals surface area contributed by atoms with Crippen molar-refractivity contribution in [3.63, 3.8) is 0 Å². The fourth-order valence-electron chi connectivity index (χ4n) is 2.46. The summed E-state index contributed by atoms with van der Waals surface area (Å²) in [5.74, 6) is 0.204. The van der Waals surface area contributed by atoms with Crippen LogP contribution in [-0.2, 0) is 4.79 Å². The zero-order chi connectivity index (χ0) is 15.6. The maximum atomic E-state index is 12.5. The highest BCUT2D eigenvalue weighted by Crippen LogP contribution is 2.21. The van der Waals surface area contributed by atoms with E-state index in [1.54, 1.807) is 0 Å². The third kappa shape index (κ3) is 3.64. The molecule has 1 heterocycles. The molecule has 0 atom stereocenters. The lowest BCUT2D eigenvalue weighted by molar-refractivity contribution is -0.135. The highest BCUT2D eigenvalue weighted by atomic mass is 79.9. The summed E-state index contributed by atoms with van der Waals surface area (Å²) in [5.41, 5.74) is 1.80. The van der Waals surface area contributed by atoms with Gasteiger partial charge in [-0.25, -0.2) is 0 Å². The molecule has 1 saturated heterocycles. The van der Waals surface area contributed by atoms with Gasteiger partial charge in [-0.1, -0.05) is 19.9 Å². The van der Waals surface area contributed by atoms with Crippen molar-refractivity contribution in [2.24, 2.45) is 5.92 Å². The molecule has 1 aliphatic heterocycles. The minimum absolute atomic E-state index is 0.0125. The van der Waals surface area contributed by atoms with Crippen LogP contribution in [0.25, 0.3) is 0 Å². The summed E-state index contributed by atoms with van der Waals surface area (Å²) in [4.78, 5) is 28.2. The van der Waals surface area contributed by atoms with Crippen LogP contribution in [0.15, 0.2) is 22.7 Å². The zero-order valence-electron chi connectivity index (χ0n) is 12.7. The lowest BCUT2D eigenvalue weighted by atomic mass is 10.1. The van der Waals surface area contributed by atoms with Gasteiger partial charge < -0.3 is 9.80 Å². The summed E-state index contributed by atoms with van der Waals surface area (Å²) in [5, 5.41) is 0. The van der Waals surface area contributed by atoms with Gasteiger partial charge in [0, 0.05) is 36.6 Å². The maximum Gasteiger partial charge on any atom is 0.255 e. The molecule has 0 saturated carbocycles. The third-order valence-electron chi connectivity index (χ3n) is 3.73. The van der Waals surface area contributed by atoms with Crippen molar-refractivity contribution in [1.82, 2.24) is 9.80 Å². The van der Waals surface area contributed by atoms with E-state index >= 15 is 0 Å². The Balaban J connectivity index is 2.02. The standard InChI is InChI=1S/C16H21BrN2O2/c1-11(2)15(20)18-6-8-19(9-7-18)16(21)13-5-4-12(3)10-14(13)17/h4-5,10-11H,6-9H2,1-3H3. The van der Waals surface area contributed by atoms with E-state index in [1.807, 2.05) is 48.8 Å². The summed E-state index contributed by atoms with van der Waals surface area (Å²) in [6.45, 7) is 8.23. The van der Waals surface area contributed by atoms with Gasteiger partial charge in [0.2, 0.25) is 5.91 Å². The number of benzene rings is 1. The monoisotopic (exact) mass is 352 g/mol. The van der Waals surface area contributed by atoms with E-state index in [4.69, 9.17) is 0 Å². The van der Waals surface area contributed by atoms with Gasteiger partial charge in [0.25, 0.3) is 5.91 Å². The molecular formula is C16H21BrN2O2. The SMILES string of the molecule is Cc1ccc(C(=O)N2CCN(C(=O)C(C)C)CC2)c(Br)c1. The summed E-state index contributed by atoms with van der Waals surface area (Å²) in [6, 6.07) is 5.75. The van der Waals surface area contributed by atoms with Crippen LogP contribution in [0.1, 0.15) is 29.8 Å². The molecule has 0 unspecified atom stereocenters. The Labute approximate surface area is 134 Å². The van der Waals surface area contributed by atoms with E-state index in [-0.39, 0.29) is 17.7 Å². The van der Waals surface area contributed by atoms with Gasteiger partial charge in [-0.15, -0.1) is 0 Å². The minimum Gasteiger partial charge on any atom is -0.339 e. The number of amides is 2. The topological polar surface area (TPSA) is 40.6 Å². The highest BCUT2D eigenvalue weighted by Gasteiger charge is 2.26. The molecule has 21 heavy (non-hydrogen) atoms. The van der Waals surface area contributed by atoms with Crippen LogP contribution in [0.2, 0.25) is 0 Å². The first-order chi connectivity index (χ1) is 9.90. The number of aryl methyl sites for hydroxylation is 1. The summed E-state index contributed by atoms with van der Waals surface area (Å²) in [6.07, 6.45) is 0. The van der Waals surface area contributed by atoms with Crippen LogP contribution in [-0.4, -0.2) is 47.8 Å². The van der Waals surface area contributed by atoms with Gasteiger partial charge in [-0.3, -0.25) is 9.59 Å². The van der Waals surface area contributed by atoms with Crippen LogP contribution in [0.5, 0.6) is 0 Å². The Bertz CT molecular complexity index is 549. The quantitative estimate of drug-likeness (QED) is 0.820. The van der Waals surface area contributed by atoms with Gasteiger partial charge >= 0.3 is 0 Å². The molecule has 0 radical (unpaired) electrons. The molecular weight excluding hydrogens is 332 g/mol. The van der Waals surface area contributed by atoms with Gasteiger partial charge in [-0.05, 0) is 40.5 Å². The van der Waals surface area contributed by atoms with Crippen molar-refractivity contribution in [2.75, 3.05) is 26.2 Å². The van der Waals surface area contributed by atoms with Crippen LogP contribution >= 0.6 is 15.9 Å². The van der Waals surface area contributed by atoms with Gasteiger partial charge in [0.1, 0.15) is 0 Å². The van der Waals surface area contributed by atoms with Crippen molar-refractivity contribution < 1.29 is 9.59 Å². The second kappa shape index (κ2) is 6.60. The van der Waals surface area contributed by atoms with Crippen molar-refractivity contribution >= 4 is 27.7 Å². The average molecular weight is 353 g/mol. The molecule has 5 heteroatoms. The van der Waals surface area contributed by atoms with Gasteiger partial charge in [-0.2, -0.15) is 0 Å². The highest BCUT2D eigenvalue weighted by molar-refractivity contribution is 9.10. The van der Waals surface area contributed by atoms with Crippen molar-refractivity contribution in [3.05, 3.63) is 33.8 Å². The number of nitrogens with zero attached hydrogens (tertiary/aromatic N) is 2. The molecule has 1 aliphatic rings. The predicted octanol–water partition coefficient (Wildman–Crippen LogP) is 2.70. The molecule has 0 N–H and O–H groups in total. The van der Waals surface area contributed by atoms with Crippen molar-refractivity contribution in [3.8, 4) is 0 Å². The number of hydrogen-bond donors (Lipinski definition) is 0. The lowest BCUT2D eigenvalue weighted by Crippen LogP contribution is -2.51. The van der Waals surface area contributed by atoms with Crippen molar-refractivity contribution in [2.45, 2.75) is 20.8 Å². The smallest absolute Gasteiger partial charge is 0.255 e. The van der Waals surface area contributed by atoms with Gasteiger partial charge in [0.05, 0.1) is 5.56 Å². The Morgan fingerprint density at radius 2 is 1.67 bits per heavy atom. The van der Waals surface area contributed by atoms with E-state index < -0.39 is 0 Å². The Kier molecular flexibility index (Phi) is 5.04. The largest absolute Gasteiger partial charge is 0.339 e. The molecule has 2 amide bonds. The number of rotatable bonds is 2. The first kappa shape index (κ1) is 16.0. The molecule has 0 bridgehead atoms. The van der Waals surface area contributed by atoms with E-state index in [2.05, 4.69) is 15.9 Å². The number of carbonyl (C=O) groups is 2. The molecule has 0 spiro atoms. The Hall–Kier alpha value is -1.36. The second-order valence-corrected chi connectivity index (χ2v) is 6.61. The zero-order valence-corrected chi connectivity index (χ0v) is 14.3. The normalized spacial score (nSPS) is 15.5. The van der Waals surface area contributed by atoms with E-state index in [0.29, 0.717) is 31.7 Å². The van der Waals surface area contributed by atoms with Crippen molar-refractivity contribution in [1.29, 1.82) is 0 Å². The number of piperazine rings is 1. The maximum absolute atomic E-state index is 12.5. The van der Waals surface area contributed by atoms with Crippen LogP contribution in [0.3, 0.4) is 0 Å². The average Bonchev–Trinajstić information content (AvgIpc) is 2.46. The summed E-state index contributed by atoms with van der Waals surface area (Å²) >= 11 is 3.46. The number of halogens is 1. The molecule has 1 fully saturated rings. The molecule has 4 nitrogen and oxygen atoms in total. The molecule has 2 rings (SSSR count). The van der Waals surface area contributed by atoms with E-state index in [9.17, 15) is 9.59 Å². The lowest BCUT2D eigenvalue weighted by Gasteiger charge is -2.35. The Morgan fingerprint density at radius 3 is 2.19 bits per heavy atom. The Morgan fingerprint density at radius 1 is 1.10 bits per heavy atom. The first-order valence-corrected chi connectivity index (χ1v) is 8.03. The molecule has 1 aromatic carbocycles. The number of hydrogen-bond acceptors (Lipinski definition) is 2. The summed E-state index contributed by atoms with van der Waals surface area (Å²) in [7, 11) is 0. The third-order valence-corrected chi connectivity index (χ3v) is 4.38. The first-order valence-electron chi connectivity index (χ1n) is 7.24. The van der Waals surface area contributed by atoms with Crippen LogP contribution in [0.4, 0.5) is 0 Å². The predicted molar refractivity (Wildman–Crippen MR) is 86.2 cm³/mol. The second-order valence-electron chi connectivity index (χ2n) is 5.76. The number of carbonyl (C=O) groups excluding carboxylic acids is 2.